The first kappa shape index (κ1) is 18.5. The average Bonchev–Trinajstić information content (AvgIpc) is 2.68. The van der Waals surface area contributed by atoms with Crippen molar-refractivity contribution in [2.75, 3.05) is 6.26 Å². The lowest BCUT2D eigenvalue weighted by Gasteiger charge is -2.27. The van der Waals surface area contributed by atoms with Crippen LogP contribution >= 0.6 is 11.8 Å². The number of rotatable bonds is 5. The van der Waals surface area contributed by atoms with E-state index in [1.165, 1.54) is 11.1 Å². The predicted molar refractivity (Wildman–Crippen MR) is 103 cm³/mol. The molecule has 0 bridgehead atoms. The quantitative estimate of drug-likeness (QED) is 0.635. The van der Waals surface area contributed by atoms with Crippen molar-refractivity contribution in [1.29, 1.82) is 0 Å². The second-order valence-corrected chi connectivity index (χ2v) is 7.31. The molecule has 26 heavy (non-hydrogen) atoms. The Kier molecular flexibility index (Phi) is 5.99. The number of aryl methyl sites for hydroxylation is 1. The Morgan fingerprint density at radius 2 is 1.88 bits per heavy atom. The maximum atomic E-state index is 12.5. The number of hydrogen-bond donors (Lipinski definition) is 1. The summed E-state index contributed by atoms with van der Waals surface area (Å²) in [5.74, 6) is -0.745. The molecule has 2 atom stereocenters. The average molecular weight is 369 g/mol. The van der Waals surface area contributed by atoms with Crippen molar-refractivity contribution in [3.05, 3.63) is 65.2 Å². The molecule has 0 saturated carbocycles. The van der Waals surface area contributed by atoms with E-state index >= 15 is 0 Å². The molecule has 2 aromatic carbocycles. The third-order valence-electron chi connectivity index (χ3n) is 4.66. The Balaban J connectivity index is 1.60. The van der Waals surface area contributed by atoms with E-state index in [1.54, 1.807) is 30.8 Å². The normalized spacial score (nSPS) is 17.1. The molecule has 0 unspecified atom stereocenters. The molecule has 1 aliphatic carbocycles. The van der Waals surface area contributed by atoms with Gasteiger partial charge < -0.3 is 10.1 Å². The zero-order chi connectivity index (χ0) is 18.5. The lowest BCUT2D eigenvalue weighted by atomic mass is 9.87. The predicted octanol–water partition coefficient (Wildman–Crippen LogP) is 4.15. The summed E-state index contributed by atoms with van der Waals surface area (Å²) in [6, 6.07) is 15.3. The van der Waals surface area contributed by atoms with Gasteiger partial charge in [-0.25, -0.2) is 4.79 Å². The van der Waals surface area contributed by atoms with Gasteiger partial charge in [0.15, 0.2) is 6.10 Å². The van der Waals surface area contributed by atoms with E-state index in [1.807, 2.05) is 30.5 Å². The number of thioether (sulfide) groups is 1. The van der Waals surface area contributed by atoms with Crippen molar-refractivity contribution >= 4 is 23.6 Å². The van der Waals surface area contributed by atoms with Crippen molar-refractivity contribution in [3.8, 4) is 0 Å². The van der Waals surface area contributed by atoms with E-state index in [9.17, 15) is 9.59 Å². The van der Waals surface area contributed by atoms with Crippen LogP contribution in [0, 0.1) is 0 Å². The first-order valence-corrected chi connectivity index (χ1v) is 10.0. The summed E-state index contributed by atoms with van der Waals surface area (Å²) in [5, 5.41) is 3.03. The number of carbonyl (C=O) groups excluding carboxylic acids is 2. The van der Waals surface area contributed by atoms with Crippen LogP contribution in [0.15, 0.2) is 53.4 Å². The van der Waals surface area contributed by atoms with E-state index in [0.717, 1.165) is 24.2 Å². The number of carbonyl (C=O) groups is 2. The molecule has 0 aliphatic heterocycles. The molecule has 0 aromatic heterocycles. The molecule has 0 spiro atoms. The highest BCUT2D eigenvalue weighted by molar-refractivity contribution is 7.98. The molecule has 3 rings (SSSR count). The smallest absolute Gasteiger partial charge is 0.338 e. The van der Waals surface area contributed by atoms with Gasteiger partial charge in [0, 0.05) is 4.90 Å². The number of benzene rings is 2. The van der Waals surface area contributed by atoms with Gasteiger partial charge in [-0.15, -0.1) is 11.8 Å². The number of nitrogens with one attached hydrogen (secondary N) is 1. The van der Waals surface area contributed by atoms with Gasteiger partial charge in [0.25, 0.3) is 5.91 Å². The van der Waals surface area contributed by atoms with Crippen LogP contribution in [0.25, 0.3) is 0 Å². The first-order chi connectivity index (χ1) is 12.6. The molecular formula is C21H23NO3S. The van der Waals surface area contributed by atoms with E-state index in [2.05, 4.69) is 17.4 Å². The molecule has 1 aliphatic rings. The van der Waals surface area contributed by atoms with Crippen LogP contribution in [-0.2, 0) is 16.0 Å². The van der Waals surface area contributed by atoms with Crippen molar-refractivity contribution in [2.45, 2.75) is 43.2 Å². The maximum absolute atomic E-state index is 12.5. The highest BCUT2D eigenvalue weighted by Gasteiger charge is 2.25. The van der Waals surface area contributed by atoms with E-state index < -0.39 is 12.1 Å². The van der Waals surface area contributed by atoms with Crippen LogP contribution in [0.3, 0.4) is 0 Å². The topological polar surface area (TPSA) is 55.4 Å². The second-order valence-electron chi connectivity index (χ2n) is 6.43. The molecule has 0 fully saturated rings. The summed E-state index contributed by atoms with van der Waals surface area (Å²) in [4.78, 5) is 25.8. The first-order valence-electron chi connectivity index (χ1n) is 8.81. The fraction of sp³-hybridized carbons (Fsp3) is 0.333. The number of fused-ring (bicyclic) bond motifs is 1. The fourth-order valence-electron chi connectivity index (χ4n) is 3.20. The van der Waals surface area contributed by atoms with Gasteiger partial charge in [-0.2, -0.15) is 0 Å². The summed E-state index contributed by atoms with van der Waals surface area (Å²) in [7, 11) is 0. The monoisotopic (exact) mass is 369 g/mol. The van der Waals surface area contributed by atoms with Gasteiger partial charge in [0.05, 0.1) is 11.6 Å². The third kappa shape index (κ3) is 4.28. The Hall–Kier alpha value is -2.27. The Morgan fingerprint density at radius 3 is 2.62 bits per heavy atom. The van der Waals surface area contributed by atoms with Crippen molar-refractivity contribution in [2.24, 2.45) is 0 Å². The van der Waals surface area contributed by atoms with Gasteiger partial charge >= 0.3 is 5.97 Å². The number of hydrogen-bond acceptors (Lipinski definition) is 4. The summed E-state index contributed by atoms with van der Waals surface area (Å²) in [5.41, 5.74) is 2.89. The fourth-order valence-corrected chi connectivity index (χ4v) is 3.61. The van der Waals surface area contributed by atoms with E-state index in [0.29, 0.717) is 5.56 Å². The SMILES string of the molecule is CSc1ccc(C(=O)O[C@@H](C)C(=O)N[C@H]2CCCc3ccccc32)cc1. The van der Waals surface area contributed by atoms with E-state index in [-0.39, 0.29) is 11.9 Å². The minimum atomic E-state index is -0.836. The molecule has 0 radical (unpaired) electrons. The largest absolute Gasteiger partial charge is 0.449 e. The summed E-state index contributed by atoms with van der Waals surface area (Å²) < 4.78 is 5.34. The molecule has 2 aromatic rings. The minimum Gasteiger partial charge on any atom is -0.449 e. The van der Waals surface area contributed by atoms with Crippen molar-refractivity contribution < 1.29 is 14.3 Å². The maximum Gasteiger partial charge on any atom is 0.338 e. The summed E-state index contributed by atoms with van der Waals surface area (Å²) in [6.45, 7) is 1.61. The zero-order valence-electron chi connectivity index (χ0n) is 15.0. The van der Waals surface area contributed by atoms with E-state index in [4.69, 9.17) is 4.74 Å². The lowest BCUT2D eigenvalue weighted by Crippen LogP contribution is -2.39. The molecule has 136 valence electrons. The van der Waals surface area contributed by atoms with Crippen molar-refractivity contribution in [3.63, 3.8) is 0 Å². The van der Waals surface area contributed by atoms with Crippen molar-refractivity contribution in [1.82, 2.24) is 5.32 Å². The molecule has 5 heteroatoms. The summed E-state index contributed by atoms with van der Waals surface area (Å²) in [6.07, 6.45) is 4.12. The second kappa shape index (κ2) is 8.41. The molecule has 0 heterocycles. The van der Waals surface area contributed by atoms with Crippen LogP contribution in [0.2, 0.25) is 0 Å². The number of ether oxygens (including phenoxy) is 1. The van der Waals surface area contributed by atoms with Crippen LogP contribution < -0.4 is 5.32 Å². The van der Waals surface area contributed by atoms with Crippen LogP contribution in [0.5, 0.6) is 0 Å². The Bertz CT molecular complexity index is 788. The Morgan fingerprint density at radius 1 is 1.15 bits per heavy atom. The number of esters is 1. The lowest BCUT2D eigenvalue weighted by molar-refractivity contribution is -0.130. The minimum absolute atomic E-state index is 0.0190. The Labute approximate surface area is 158 Å². The van der Waals surface area contributed by atoms with Gasteiger partial charge in [0.1, 0.15) is 0 Å². The molecule has 1 N–H and O–H groups in total. The molecule has 4 nitrogen and oxygen atoms in total. The summed E-state index contributed by atoms with van der Waals surface area (Å²) >= 11 is 1.61. The van der Waals surface area contributed by atoms with Gasteiger partial charge in [-0.05, 0) is 67.8 Å². The van der Waals surface area contributed by atoms with Gasteiger partial charge in [-0.3, -0.25) is 4.79 Å². The van der Waals surface area contributed by atoms with Crippen LogP contribution in [-0.4, -0.2) is 24.2 Å². The highest BCUT2D eigenvalue weighted by Crippen LogP contribution is 2.29. The molecule has 1 amide bonds. The van der Waals surface area contributed by atoms with Gasteiger partial charge in [0.2, 0.25) is 0 Å². The molecular weight excluding hydrogens is 346 g/mol. The third-order valence-corrected chi connectivity index (χ3v) is 5.41. The van der Waals surface area contributed by atoms with Crippen LogP contribution in [0.4, 0.5) is 0 Å². The highest BCUT2D eigenvalue weighted by atomic mass is 32.2. The molecule has 0 saturated heterocycles. The standard InChI is InChI=1S/C21H23NO3S/c1-14(25-21(24)16-10-12-17(26-2)13-11-16)20(23)22-19-9-5-7-15-6-3-4-8-18(15)19/h3-4,6,8,10-14,19H,5,7,9H2,1-2H3,(H,22,23)/t14-,19-/m0/s1. The van der Waals surface area contributed by atoms with Gasteiger partial charge in [-0.1, -0.05) is 24.3 Å². The number of amides is 1. The zero-order valence-corrected chi connectivity index (χ0v) is 15.8. The van der Waals surface area contributed by atoms with Crippen LogP contribution in [0.1, 0.15) is 47.3 Å².